The molecule has 1 aromatic carbocycles. The van der Waals surface area contributed by atoms with Gasteiger partial charge >= 0.3 is 0 Å². The summed E-state index contributed by atoms with van der Waals surface area (Å²) in [5, 5.41) is 16.9. The molecule has 2 N–H and O–H groups in total. The average Bonchev–Trinajstić information content (AvgIpc) is 3.41. The van der Waals surface area contributed by atoms with Crippen LogP contribution in [0.3, 0.4) is 0 Å². The van der Waals surface area contributed by atoms with Gasteiger partial charge in [0, 0.05) is 36.8 Å². The summed E-state index contributed by atoms with van der Waals surface area (Å²) < 4.78 is 16.8. The van der Waals surface area contributed by atoms with Gasteiger partial charge in [0.05, 0.1) is 22.0 Å². The molecular formula is C23H19FN6O2S. The van der Waals surface area contributed by atoms with E-state index in [0.717, 1.165) is 33.1 Å². The molecule has 0 spiro atoms. The van der Waals surface area contributed by atoms with Crippen LogP contribution < -0.4 is 5.32 Å². The number of nitrogens with zero attached hydrogens (tertiary/aromatic N) is 5. The Labute approximate surface area is 192 Å². The van der Waals surface area contributed by atoms with Crippen LogP contribution in [-0.4, -0.2) is 50.6 Å². The van der Waals surface area contributed by atoms with Gasteiger partial charge < -0.3 is 5.11 Å². The fourth-order valence-electron chi connectivity index (χ4n) is 3.92. The predicted octanol–water partition coefficient (Wildman–Crippen LogP) is 3.28. The molecule has 10 heteroatoms. The fraction of sp³-hybridized carbons (Fsp3) is 0.174. The van der Waals surface area contributed by atoms with E-state index in [9.17, 15) is 4.79 Å². The Balaban J connectivity index is 1.71. The van der Waals surface area contributed by atoms with Crippen LogP contribution in [0.1, 0.15) is 16.8 Å². The first-order valence-electron chi connectivity index (χ1n) is 10.2. The van der Waals surface area contributed by atoms with E-state index in [1.54, 1.807) is 42.5 Å². The number of fused-ring (bicyclic) bond motifs is 3. The Morgan fingerprint density at radius 1 is 1.36 bits per heavy atom. The molecule has 1 aliphatic carbocycles. The molecule has 166 valence electrons. The zero-order valence-corrected chi connectivity index (χ0v) is 18.4. The number of aryl methyl sites for hydroxylation is 1. The van der Waals surface area contributed by atoms with Crippen LogP contribution in [0, 0.1) is 5.82 Å². The molecule has 8 nitrogen and oxygen atoms in total. The van der Waals surface area contributed by atoms with Crippen molar-refractivity contribution in [1.29, 1.82) is 0 Å². The van der Waals surface area contributed by atoms with Crippen molar-refractivity contribution in [2.45, 2.75) is 12.8 Å². The van der Waals surface area contributed by atoms with Gasteiger partial charge in [-0.3, -0.25) is 20.1 Å². The number of aliphatic hydroxyl groups is 1. The minimum atomic E-state index is -0.628. The van der Waals surface area contributed by atoms with Crippen LogP contribution in [0.5, 0.6) is 0 Å². The van der Waals surface area contributed by atoms with E-state index in [1.165, 1.54) is 17.4 Å². The third kappa shape index (κ3) is 3.83. The summed E-state index contributed by atoms with van der Waals surface area (Å²) in [6.45, 7) is -0.628. The third-order valence-corrected chi connectivity index (χ3v) is 6.33. The van der Waals surface area contributed by atoms with Gasteiger partial charge in [-0.15, -0.1) is 0 Å². The van der Waals surface area contributed by atoms with Crippen molar-refractivity contribution >= 4 is 28.6 Å². The number of anilines is 1. The molecule has 3 heterocycles. The summed E-state index contributed by atoms with van der Waals surface area (Å²) in [5.74, 6) is -0.967. The second kappa shape index (κ2) is 8.64. The topological polar surface area (TPSA) is 105 Å². The first-order valence-corrected chi connectivity index (χ1v) is 11.1. The number of pyridine rings is 1. The summed E-state index contributed by atoms with van der Waals surface area (Å²) in [6, 6.07) is 8.64. The monoisotopic (exact) mass is 462 g/mol. The zero-order chi connectivity index (χ0) is 22.9. The van der Waals surface area contributed by atoms with E-state index >= 15 is 4.39 Å². The van der Waals surface area contributed by atoms with Crippen molar-refractivity contribution in [3.8, 4) is 27.5 Å². The molecule has 0 saturated carbocycles. The lowest BCUT2D eigenvalue weighted by Crippen LogP contribution is -2.15. The lowest BCUT2D eigenvalue weighted by molar-refractivity contribution is -0.118. The number of carbonyl (C=O) groups is 1. The van der Waals surface area contributed by atoms with Gasteiger partial charge in [0.1, 0.15) is 18.1 Å². The van der Waals surface area contributed by atoms with Gasteiger partial charge in [0.15, 0.2) is 5.13 Å². The number of benzene rings is 1. The normalized spacial score (nSPS) is 12.6. The summed E-state index contributed by atoms with van der Waals surface area (Å²) in [6.07, 6.45) is 6.33. The maximum atomic E-state index is 15.2. The van der Waals surface area contributed by atoms with Crippen molar-refractivity contribution in [3.63, 3.8) is 0 Å². The molecule has 0 bridgehead atoms. The number of aliphatic imine (C=N–C) groups is 1. The van der Waals surface area contributed by atoms with E-state index < -0.39 is 18.3 Å². The fourth-order valence-corrected chi connectivity index (χ4v) is 5.00. The van der Waals surface area contributed by atoms with Gasteiger partial charge in [0.25, 0.3) is 5.91 Å². The van der Waals surface area contributed by atoms with E-state index in [4.69, 9.17) is 10.2 Å². The molecule has 33 heavy (non-hydrogen) atoms. The van der Waals surface area contributed by atoms with Crippen molar-refractivity contribution in [3.05, 3.63) is 65.4 Å². The van der Waals surface area contributed by atoms with Crippen LogP contribution in [0.2, 0.25) is 0 Å². The molecule has 4 aromatic rings. The summed E-state index contributed by atoms with van der Waals surface area (Å²) >= 11 is 1.28. The van der Waals surface area contributed by atoms with Gasteiger partial charge in [0.2, 0.25) is 0 Å². The molecule has 0 atom stereocenters. The molecule has 3 aromatic heterocycles. The van der Waals surface area contributed by atoms with Gasteiger partial charge in [-0.25, -0.2) is 14.1 Å². The molecule has 0 fully saturated rings. The second-order valence-electron chi connectivity index (χ2n) is 7.43. The minimum absolute atomic E-state index is 0.303. The van der Waals surface area contributed by atoms with Gasteiger partial charge in [-0.05, 0) is 42.7 Å². The standard InChI is InChI=1S/C23H19FN6O2S/c1-25-10-13-4-7-18(16(24)9-13)30-21-15(20(29-30)14-3-2-8-26-11-14)5-6-17-22(21)33-23(27-17)28-19(32)12-31/h2-4,7-11,31H,5-6,12H2,1H3,(H,27,28,32). The van der Waals surface area contributed by atoms with Crippen LogP contribution in [-0.2, 0) is 17.6 Å². The summed E-state index contributed by atoms with van der Waals surface area (Å²) in [7, 11) is 1.63. The van der Waals surface area contributed by atoms with Crippen LogP contribution >= 0.6 is 11.3 Å². The molecule has 5 rings (SSSR count). The summed E-state index contributed by atoms with van der Waals surface area (Å²) in [5.41, 5.74) is 5.04. The highest BCUT2D eigenvalue weighted by Crippen LogP contribution is 2.44. The molecule has 0 unspecified atom stereocenters. The zero-order valence-electron chi connectivity index (χ0n) is 17.6. The largest absolute Gasteiger partial charge is 0.387 e. The molecule has 0 aliphatic heterocycles. The Hall–Kier alpha value is -3.76. The maximum Gasteiger partial charge on any atom is 0.251 e. The Morgan fingerprint density at radius 2 is 2.24 bits per heavy atom. The van der Waals surface area contributed by atoms with Crippen LogP contribution in [0.4, 0.5) is 9.52 Å². The minimum Gasteiger partial charge on any atom is -0.387 e. The number of thiazole rings is 1. The van der Waals surface area contributed by atoms with Crippen LogP contribution in [0.15, 0.2) is 47.7 Å². The second-order valence-corrected chi connectivity index (χ2v) is 8.43. The number of halogens is 1. The Bertz CT molecular complexity index is 1380. The first-order chi connectivity index (χ1) is 16.1. The first kappa shape index (κ1) is 21.1. The maximum absolute atomic E-state index is 15.2. The van der Waals surface area contributed by atoms with Gasteiger partial charge in [-0.1, -0.05) is 17.4 Å². The summed E-state index contributed by atoms with van der Waals surface area (Å²) in [4.78, 5) is 25.2. The van der Waals surface area contributed by atoms with Crippen molar-refractivity contribution in [1.82, 2.24) is 19.7 Å². The predicted molar refractivity (Wildman–Crippen MR) is 125 cm³/mol. The SMILES string of the molecule is CN=Cc1ccc(-n2nc(-c3cccnc3)c3c2-c2sc(NC(=O)CO)nc2CC3)c(F)c1. The number of nitrogens with one attached hydrogen (secondary N) is 1. The van der Waals surface area contributed by atoms with E-state index in [2.05, 4.69) is 20.3 Å². The molecule has 0 radical (unpaired) electrons. The van der Waals surface area contributed by atoms with Crippen molar-refractivity contribution in [2.75, 3.05) is 19.0 Å². The van der Waals surface area contributed by atoms with Crippen molar-refractivity contribution in [2.24, 2.45) is 4.99 Å². The number of amides is 1. The highest BCUT2D eigenvalue weighted by molar-refractivity contribution is 7.19. The molecule has 1 amide bonds. The smallest absolute Gasteiger partial charge is 0.251 e. The number of hydrogen-bond donors (Lipinski definition) is 2. The molecule has 0 saturated heterocycles. The van der Waals surface area contributed by atoms with E-state index in [-0.39, 0.29) is 0 Å². The van der Waals surface area contributed by atoms with E-state index in [1.807, 2.05) is 12.1 Å². The van der Waals surface area contributed by atoms with E-state index in [0.29, 0.717) is 29.2 Å². The Morgan fingerprint density at radius 3 is 2.97 bits per heavy atom. The molecule has 1 aliphatic rings. The number of rotatable bonds is 5. The number of aromatic nitrogens is 4. The quantitative estimate of drug-likeness (QED) is 0.443. The number of carbonyl (C=O) groups excluding carboxylic acids is 1. The van der Waals surface area contributed by atoms with Crippen LogP contribution in [0.25, 0.3) is 27.5 Å². The number of aliphatic hydroxyl groups excluding tert-OH is 1. The highest BCUT2D eigenvalue weighted by Gasteiger charge is 2.30. The number of hydrogen-bond acceptors (Lipinski definition) is 7. The third-order valence-electron chi connectivity index (χ3n) is 5.31. The van der Waals surface area contributed by atoms with Crippen molar-refractivity contribution < 1.29 is 14.3 Å². The molecular weight excluding hydrogens is 443 g/mol. The lowest BCUT2D eigenvalue weighted by Gasteiger charge is -2.14. The van der Waals surface area contributed by atoms with Gasteiger partial charge in [-0.2, -0.15) is 5.10 Å². The average molecular weight is 463 g/mol. The highest BCUT2D eigenvalue weighted by atomic mass is 32.1. The Kier molecular flexibility index (Phi) is 5.53. The lowest BCUT2D eigenvalue weighted by atomic mass is 9.95.